The molecule has 5 heteroatoms. The first kappa shape index (κ1) is 8.80. The second kappa shape index (κ2) is 3.17. The van der Waals surface area contributed by atoms with Crippen LogP contribution in [0.25, 0.3) is 5.69 Å². The molecular formula is C9H7F2N3. The minimum atomic E-state index is -0.654. The summed E-state index contributed by atoms with van der Waals surface area (Å²) < 4.78 is 27.2. The van der Waals surface area contributed by atoms with Crippen LogP contribution in [0, 0.1) is 18.6 Å². The van der Waals surface area contributed by atoms with E-state index in [2.05, 4.69) is 10.3 Å². The highest BCUT2D eigenvalue weighted by Crippen LogP contribution is 2.14. The van der Waals surface area contributed by atoms with Crippen molar-refractivity contribution in [3.05, 3.63) is 41.7 Å². The van der Waals surface area contributed by atoms with Crippen LogP contribution in [0.3, 0.4) is 0 Å². The van der Waals surface area contributed by atoms with Gasteiger partial charge in [0.05, 0.1) is 11.9 Å². The van der Waals surface area contributed by atoms with Crippen LogP contribution in [0.4, 0.5) is 8.78 Å². The molecule has 1 heterocycles. The summed E-state index contributed by atoms with van der Waals surface area (Å²) in [5.41, 5.74) is 0.886. The van der Waals surface area contributed by atoms with Crippen LogP contribution in [0.1, 0.15) is 5.69 Å². The normalized spacial score (nSPS) is 10.5. The van der Waals surface area contributed by atoms with Crippen LogP contribution in [0.5, 0.6) is 0 Å². The molecule has 72 valence electrons. The molecule has 0 saturated carbocycles. The SMILES string of the molecule is Cc1cnnn1-c1ccc(F)cc1F. The summed E-state index contributed by atoms with van der Waals surface area (Å²) in [5, 5.41) is 7.29. The molecule has 0 radical (unpaired) electrons. The summed E-state index contributed by atoms with van der Waals surface area (Å²) >= 11 is 0. The van der Waals surface area contributed by atoms with Crippen LogP contribution in [-0.2, 0) is 0 Å². The molecule has 0 amide bonds. The lowest BCUT2D eigenvalue weighted by Crippen LogP contribution is -2.02. The quantitative estimate of drug-likeness (QED) is 0.695. The van der Waals surface area contributed by atoms with Gasteiger partial charge in [-0.2, -0.15) is 0 Å². The summed E-state index contributed by atoms with van der Waals surface area (Å²) in [6.45, 7) is 1.74. The van der Waals surface area contributed by atoms with Crippen LogP contribution >= 0.6 is 0 Å². The van der Waals surface area contributed by atoms with Gasteiger partial charge in [-0.05, 0) is 19.1 Å². The van der Waals surface area contributed by atoms with Gasteiger partial charge in [-0.15, -0.1) is 5.10 Å². The largest absolute Gasteiger partial charge is 0.215 e. The average Bonchev–Trinajstić information content (AvgIpc) is 2.52. The third-order valence-electron chi connectivity index (χ3n) is 1.86. The Morgan fingerprint density at radius 1 is 1.29 bits per heavy atom. The topological polar surface area (TPSA) is 30.7 Å². The fraction of sp³-hybridized carbons (Fsp3) is 0.111. The second-order valence-electron chi connectivity index (χ2n) is 2.88. The van der Waals surface area contributed by atoms with Crippen molar-refractivity contribution in [2.24, 2.45) is 0 Å². The van der Waals surface area contributed by atoms with E-state index in [-0.39, 0.29) is 5.69 Å². The molecule has 3 nitrogen and oxygen atoms in total. The van der Waals surface area contributed by atoms with Crippen LogP contribution < -0.4 is 0 Å². The summed E-state index contributed by atoms with van der Waals surface area (Å²) in [6.07, 6.45) is 1.50. The lowest BCUT2D eigenvalue weighted by molar-refractivity contribution is 0.570. The third kappa shape index (κ3) is 1.37. The average molecular weight is 195 g/mol. The zero-order chi connectivity index (χ0) is 10.1. The maximum atomic E-state index is 13.3. The summed E-state index contributed by atoms with van der Waals surface area (Å²) in [4.78, 5) is 0. The third-order valence-corrected chi connectivity index (χ3v) is 1.86. The van der Waals surface area contributed by atoms with E-state index >= 15 is 0 Å². The first-order chi connectivity index (χ1) is 6.68. The van der Waals surface area contributed by atoms with Gasteiger partial charge in [-0.25, -0.2) is 13.5 Å². The number of benzene rings is 1. The number of hydrogen-bond acceptors (Lipinski definition) is 2. The molecule has 0 spiro atoms. The van der Waals surface area contributed by atoms with Gasteiger partial charge in [-0.3, -0.25) is 0 Å². The number of aromatic nitrogens is 3. The molecule has 0 unspecified atom stereocenters. The van der Waals surface area contributed by atoms with Gasteiger partial charge in [0.2, 0.25) is 0 Å². The fourth-order valence-corrected chi connectivity index (χ4v) is 1.18. The molecule has 0 aliphatic rings. The molecule has 0 saturated heterocycles. The van der Waals surface area contributed by atoms with E-state index in [1.165, 1.54) is 23.0 Å². The molecule has 0 fully saturated rings. The number of aryl methyl sites for hydroxylation is 1. The summed E-state index contributed by atoms with van der Waals surface area (Å²) in [5.74, 6) is -1.26. The van der Waals surface area contributed by atoms with Crippen LogP contribution in [0.15, 0.2) is 24.4 Å². The van der Waals surface area contributed by atoms with Crippen molar-refractivity contribution in [2.45, 2.75) is 6.92 Å². The molecule has 2 aromatic rings. The van der Waals surface area contributed by atoms with Crippen molar-refractivity contribution in [2.75, 3.05) is 0 Å². The minimum Gasteiger partial charge on any atom is -0.215 e. The maximum Gasteiger partial charge on any atom is 0.151 e. The Bertz CT molecular complexity index is 465. The van der Waals surface area contributed by atoms with E-state index in [1.807, 2.05) is 0 Å². The van der Waals surface area contributed by atoms with Crippen molar-refractivity contribution in [1.82, 2.24) is 15.0 Å². The van der Waals surface area contributed by atoms with Gasteiger partial charge in [0.1, 0.15) is 11.5 Å². The molecule has 0 N–H and O–H groups in total. The van der Waals surface area contributed by atoms with Crippen molar-refractivity contribution >= 4 is 0 Å². The molecule has 1 aromatic carbocycles. The minimum absolute atomic E-state index is 0.196. The second-order valence-corrected chi connectivity index (χ2v) is 2.88. The van der Waals surface area contributed by atoms with Crippen molar-refractivity contribution in [3.8, 4) is 5.69 Å². The lowest BCUT2D eigenvalue weighted by Gasteiger charge is -2.03. The van der Waals surface area contributed by atoms with Crippen molar-refractivity contribution in [3.63, 3.8) is 0 Å². The van der Waals surface area contributed by atoms with E-state index < -0.39 is 11.6 Å². The summed E-state index contributed by atoms with van der Waals surface area (Å²) in [7, 11) is 0. The van der Waals surface area contributed by atoms with Crippen molar-refractivity contribution < 1.29 is 8.78 Å². The number of hydrogen-bond donors (Lipinski definition) is 0. The lowest BCUT2D eigenvalue weighted by atomic mass is 10.3. The Balaban J connectivity index is 2.58. The highest BCUT2D eigenvalue weighted by molar-refractivity contribution is 5.33. The smallest absolute Gasteiger partial charge is 0.151 e. The molecule has 1 aromatic heterocycles. The standard InChI is InChI=1S/C9H7F2N3/c1-6-5-12-13-14(6)9-3-2-7(10)4-8(9)11/h2-5H,1H3. The van der Waals surface area contributed by atoms with Crippen molar-refractivity contribution in [1.29, 1.82) is 0 Å². The van der Waals surface area contributed by atoms with Gasteiger partial charge in [-0.1, -0.05) is 5.21 Å². The monoisotopic (exact) mass is 195 g/mol. The molecule has 0 bridgehead atoms. The summed E-state index contributed by atoms with van der Waals surface area (Å²) in [6, 6.07) is 3.32. The maximum absolute atomic E-state index is 13.3. The number of rotatable bonds is 1. The Morgan fingerprint density at radius 3 is 2.64 bits per heavy atom. The molecule has 14 heavy (non-hydrogen) atoms. The van der Waals surface area contributed by atoms with Gasteiger partial charge in [0.15, 0.2) is 5.82 Å². The van der Waals surface area contributed by atoms with Gasteiger partial charge in [0.25, 0.3) is 0 Å². The molecule has 2 rings (SSSR count). The van der Waals surface area contributed by atoms with E-state index in [9.17, 15) is 8.78 Å². The predicted octanol–water partition coefficient (Wildman–Crippen LogP) is 1.85. The van der Waals surface area contributed by atoms with E-state index in [0.717, 1.165) is 6.07 Å². The Kier molecular flexibility index (Phi) is 1.99. The molecular weight excluding hydrogens is 188 g/mol. The zero-order valence-corrected chi connectivity index (χ0v) is 7.41. The van der Waals surface area contributed by atoms with Crippen LogP contribution in [0.2, 0.25) is 0 Å². The Morgan fingerprint density at radius 2 is 2.07 bits per heavy atom. The van der Waals surface area contributed by atoms with E-state index in [4.69, 9.17) is 0 Å². The highest BCUT2D eigenvalue weighted by atomic mass is 19.1. The number of halogens is 2. The number of nitrogens with zero attached hydrogens (tertiary/aromatic N) is 3. The van der Waals surface area contributed by atoms with E-state index in [0.29, 0.717) is 5.69 Å². The van der Waals surface area contributed by atoms with Crippen LogP contribution in [-0.4, -0.2) is 15.0 Å². The molecule has 0 aliphatic carbocycles. The molecule has 0 aliphatic heterocycles. The fourth-order valence-electron chi connectivity index (χ4n) is 1.18. The predicted molar refractivity (Wildman–Crippen MR) is 46.0 cm³/mol. The van der Waals surface area contributed by atoms with Gasteiger partial charge in [0, 0.05) is 6.07 Å². The highest BCUT2D eigenvalue weighted by Gasteiger charge is 2.08. The zero-order valence-electron chi connectivity index (χ0n) is 7.41. The molecule has 0 atom stereocenters. The van der Waals surface area contributed by atoms with Gasteiger partial charge >= 0.3 is 0 Å². The Labute approximate surface area is 79.0 Å². The first-order valence-electron chi connectivity index (χ1n) is 4.01. The first-order valence-corrected chi connectivity index (χ1v) is 4.01. The van der Waals surface area contributed by atoms with Gasteiger partial charge < -0.3 is 0 Å². The van der Waals surface area contributed by atoms with E-state index in [1.54, 1.807) is 6.92 Å². The Hall–Kier alpha value is -1.78.